The van der Waals surface area contributed by atoms with Crippen LogP contribution in [-0.4, -0.2) is 31.1 Å². The fraction of sp³-hybridized carbons (Fsp3) is 0.267. The number of benzene rings is 1. The van der Waals surface area contributed by atoms with Crippen molar-refractivity contribution in [3.05, 3.63) is 63.2 Å². The van der Waals surface area contributed by atoms with Gasteiger partial charge in [-0.15, -0.1) is 10.2 Å². The molecule has 3 rings (SSSR count). The molecule has 23 heavy (non-hydrogen) atoms. The van der Waals surface area contributed by atoms with E-state index in [2.05, 4.69) is 10.2 Å². The molecule has 3 aromatic rings. The van der Waals surface area contributed by atoms with Crippen molar-refractivity contribution < 1.29 is 4.39 Å². The van der Waals surface area contributed by atoms with Crippen LogP contribution in [0, 0.1) is 5.82 Å². The Morgan fingerprint density at radius 3 is 2.78 bits per heavy atom. The summed E-state index contributed by atoms with van der Waals surface area (Å²) >= 11 is 5.79. The molecular formula is C15H15ClFN5O. The van der Waals surface area contributed by atoms with E-state index < -0.39 is 5.82 Å². The monoisotopic (exact) mass is 335 g/mol. The van der Waals surface area contributed by atoms with Gasteiger partial charge in [0.15, 0.2) is 5.82 Å². The van der Waals surface area contributed by atoms with Crippen LogP contribution in [0.3, 0.4) is 0 Å². The fourth-order valence-electron chi connectivity index (χ4n) is 2.37. The van der Waals surface area contributed by atoms with Crippen LogP contribution in [0.15, 0.2) is 35.4 Å². The molecule has 0 aliphatic rings. The van der Waals surface area contributed by atoms with Gasteiger partial charge < -0.3 is 4.57 Å². The lowest BCUT2D eigenvalue weighted by Crippen LogP contribution is -2.21. The first kappa shape index (κ1) is 15.6. The molecule has 0 atom stereocenters. The molecule has 2 heterocycles. The zero-order valence-corrected chi connectivity index (χ0v) is 13.5. The molecule has 0 amide bonds. The number of hydrogen-bond acceptors (Lipinski definition) is 4. The Labute approximate surface area is 136 Å². The van der Waals surface area contributed by atoms with Crippen LogP contribution < -0.4 is 5.56 Å². The Hall–Kier alpha value is -2.25. The van der Waals surface area contributed by atoms with Gasteiger partial charge in [-0.25, -0.2) is 4.39 Å². The molecule has 0 saturated carbocycles. The molecule has 0 aliphatic heterocycles. The van der Waals surface area contributed by atoms with Crippen LogP contribution in [-0.2, 0) is 20.1 Å². The minimum Gasteiger partial charge on any atom is -0.314 e. The summed E-state index contributed by atoms with van der Waals surface area (Å²) in [5.74, 6) is 0.228. The topological polar surface area (TPSA) is 55.4 Å². The third kappa shape index (κ3) is 3.11. The van der Waals surface area contributed by atoms with E-state index in [1.807, 2.05) is 11.9 Å². The van der Waals surface area contributed by atoms with Gasteiger partial charge in [0.1, 0.15) is 5.82 Å². The smallest absolute Gasteiger partial charge is 0.295 e. The maximum atomic E-state index is 13.2. The van der Waals surface area contributed by atoms with Crippen LogP contribution in [0.1, 0.15) is 11.4 Å². The van der Waals surface area contributed by atoms with Crippen molar-refractivity contribution in [3.8, 4) is 0 Å². The lowest BCUT2D eigenvalue weighted by molar-refractivity contribution is 0.309. The minimum atomic E-state index is -0.433. The van der Waals surface area contributed by atoms with Gasteiger partial charge in [0, 0.05) is 26.0 Å². The third-order valence-electron chi connectivity index (χ3n) is 3.57. The molecule has 6 nitrogen and oxygen atoms in total. The van der Waals surface area contributed by atoms with Gasteiger partial charge >= 0.3 is 0 Å². The van der Waals surface area contributed by atoms with Crippen molar-refractivity contribution in [1.29, 1.82) is 0 Å². The van der Waals surface area contributed by atoms with Crippen molar-refractivity contribution in [2.24, 2.45) is 7.05 Å². The van der Waals surface area contributed by atoms with Crippen molar-refractivity contribution in [2.45, 2.75) is 13.1 Å². The normalized spacial score (nSPS) is 11.5. The number of aromatic nitrogens is 4. The molecule has 0 bridgehead atoms. The lowest BCUT2D eigenvalue weighted by Gasteiger charge is -2.15. The highest BCUT2D eigenvalue weighted by Crippen LogP contribution is 2.17. The fourth-order valence-corrected chi connectivity index (χ4v) is 2.58. The Bertz CT molecular complexity index is 920. The molecule has 8 heteroatoms. The summed E-state index contributed by atoms with van der Waals surface area (Å²) in [6.07, 6.45) is 3.43. The predicted octanol–water partition coefficient (Wildman–Crippen LogP) is 1.85. The van der Waals surface area contributed by atoms with Crippen molar-refractivity contribution in [3.63, 3.8) is 0 Å². The van der Waals surface area contributed by atoms with Crippen LogP contribution in [0.4, 0.5) is 4.39 Å². The molecule has 0 aliphatic carbocycles. The summed E-state index contributed by atoms with van der Waals surface area (Å²) in [5.41, 5.74) is 0.992. The van der Waals surface area contributed by atoms with E-state index in [1.165, 1.54) is 10.6 Å². The van der Waals surface area contributed by atoms with Crippen LogP contribution >= 0.6 is 11.6 Å². The van der Waals surface area contributed by atoms with E-state index in [9.17, 15) is 9.18 Å². The van der Waals surface area contributed by atoms with E-state index in [4.69, 9.17) is 11.6 Å². The first-order valence-electron chi connectivity index (χ1n) is 6.97. The second-order valence-corrected chi connectivity index (χ2v) is 5.85. The number of hydrogen-bond donors (Lipinski definition) is 0. The Morgan fingerprint density at radius 1 is 1.26 bits per heavy atom. The van der Waals surface area contributed by atoms with Gasteiger partial charge in [0.25, 0.3) is 5.56 Å². The number of nitrogens with zero attached hydrogens (tertiary/aromatic N) is 5. The van der Waals surface area contributed by atoms with Crippen molar-refractivity contribution in [2.75, 3.05) is 7.05 Å². The number of halogens is 2. The molecule has 120 valence electrons. The summed E-state index contributed by atoms with van der Waals surface area (Å²) in [6, 6.07) is 4.64. The van der Waals surface area contributed by atoms with Crippen LogP contribution in [0.2, 0.25) is 5.02 Å². The highest BCUT2D eigenvalue weighted by molar-refractivity contribution is 6.30. The molecule has 0 saturated heterocycles. The zero-order valence-electron chi connectivity index (χ0n) is 12.7. The van der Waals surface area contributed by atoms with Gasteiger partial charge in [0.05, 0.1) is 11.6 Å². The maximum Gasteiger partial charge on any atom is 0.295 e. The molecule has 0 fully saturated rings. The second kappa shape index (κ2) is 6.10. The van der Waals surface area contributed by atoms with Gasteiger partial charge in [-0.3, -0.25) is 14.1 Å². The van der Waals surface area contributed by atoms with Crippen molar-refractivity contribution >= 4 is 17.2 Å². The minimum absolute atomic E-state index is 0.104. The largest absolute Gasteiger partial charge is 0.314 e. The molecule has 1 aromatic carbocycles. The Morgan fingerprint density at radius 2 is 2.04 bits per heavy atom. The molecule has 0 radical (unpaired) electrons. The highest BCUT2D eigenvalue weighted by Gasteiger charge is 2.12. The Kier molecular flexibility index (Phi) is 4.14. The van der Waals surface area contributed by atoms with E-state index in [0.29, 0.717) is 24.6 Å². The van der Waals surface area contributed by atoms with Gasteiger partial charge in [0.2, 0.25) is 5.65 Å². The summed E-state index contributed by atoms with van der Waals surface area (Å²) in [4.78, 5) is 13.9. The van der Waals surface area contributed by atoms with E-state index in [-0.39, 0.29) is 10.6 Å². The van der Waals surface area contributed by atoms with Crippen LogP contribution in [0.5, 0.6) is 0 Å². The van der Waals surface area contributed by atoms with Gasteiger partial charge in [-0.05, 0) is 24.7 Å². The number of fused-ring (bicyclic) bond motifs is 1. The Balaban J connectivity index is 1.80. The molecule has 2 aromatic heterocycles. The summed E-state index contributed by atoms with van der Waals surface area (Å²) in [5, 5.41) is 8.13. The summed E-state index contributed by atoms with van der Waals surface area (Å²) in [6.45, 7) is 1.06. The average molecular weight is 336 g/mol. The summed E-state index contributed by atoms with van der Waals surface area (Å²) < 4.78 is 16.3. The van der Waals surface area contributed by atoms with Gasteiger partial charge in [-0.2, -0.15) is 0 Å². The van der Waals surface area contributed by atoms with Crippen molar-refractivity contribution in [1.82, 2.24) is 24.1 Å². The first-order valence-corrected chi connectivity index (χ1v) is 7.35. The third-order valence-corrected chi connectivity index (χ3v) is 3.85. The van der Waals surface area contributed by atoms with Gasteiger partial charge in [-0.1, -0.05) is 17.7 Å². The lowest BCUT2D eigenvalue weighted by atomic mass is 10.2. The molecular weight excluding hydrogens is 321 g/mol. The first-order chi connectivity index (χ1) is 11.0. The standard InChI is InChI=1S/C15H15ClFN5O/c1-20(8-10-3-4-12(17)11(16)7-10)9-13-18-19-14-15(23)21(2)5-6-22(13)14/h3-7H,8-9H2,1-2H3. The quantitative estimate of drug-likeness (QED) is 0.730. The van der Waals surface area contributed by atoms with E-state index in [1.54, 1.807) is 36.0 Å². The van der Waals surface area contributed by atoms with E-state index in [0.717, 1.165) is 5.56 Å². The average Bonchev–Trinajstić information content (AvgIpc) is 2.90. The SMILES string of the molecule is CN(Cc1ccc(F)c(Cl)c1)Cc1nnc2c(=O)n(C)ccn12. The predicted molar refractivity (Wildman–Crippen MR) is 84.8 cm³/mol. The van der Waals surface area contributed by atoms with E-state index >= 15 is 0 Å². The number of aryl methyl sites for hydroxylation is 1. The molecule has 0 spiro atoms. The van der Waals surface area contributed by atoms with Crippen LogP contribution in [0.25, 0.3) is 5.65 Å². The number of rotatable bonds is 4. The highest BCUT2D eigenvalue weighted by atomic mass is 35.5. The summed E-state index contributed by atoms with van der Waals surface area (Å²) in [7, 11) is 3.57. The zero-order chi connectivity index (χ0) is 16.6. The molecule has 0 N–H and O–H groups in total. The molecule has 0 unspecified atom stereocenters. The maximum absolute atomic E-state index is 13.2. The second-order valence-electron chi connectivity index (χ2n) is 5.44.